The first kappa shape index (κ1) is 23.5. The minimum absolute atomic E-state index is 0.130. The van der Waals surface area contributed by atoms with Crippen LogP contribution >= 0.6 is 23.1 Å². The van der Waals surface area contributed by atoms with Crippen LogP contribution in [0.4, 0.5) is 5.00 Å². The van der Waals surface area contributed by atoms with Gasteiger partial charge < -0.3 is 9.88 Å². The first-order valence-corrected chi connectivity index (χ1v) is 13.0. The van der Waals surface area contributed by atoms with E-state index in [9.17, 15) is 10.1 Å². The van der Waals surface area contributed by atoms with Gasteiger partial charge in [-0.05, 0) is 41.7 Å². The lowest BCUT2D eigenvalue weighted by molar-refractivity contribution is -0.113. The van der Waals surface area contributed by atoms with E-state index in [1.165, 1.54) is 22.2 Å². The summed E-state index contributed by atoms with van der Waals surface area (Å²) in [5, 5.41) is 22.7. The molecular formula is C25H29N5OS2. The van der Waals surface area contributed by atoms with E-state index in [1.54, 1.807) is 11.3 Å². The fourth-order valence-electron chi connectivity index (χ4n) is 4.23. The van der Waals surface area contributed by atoms with Crippen molar-refractivity contribution in [3.63, 3.8) is 0 Å². The van der Waals surface area contributed by atoms with Gasteiger partial charge in [-0.3, -0.25) is 4.79 Å². The van der Waals surface area contributed by atoms with Gasteiger partial charge in [-0.1, -0.05) is 62.9 Å². The molecule has 33 heavy (non-hydrogen) atoms. The lowest BCUT2D eigenvalue weighted by Crippen LogP contribution is -2.26. The summed E-state index contributed by atoms with van der Waals surface area (Å²) < 4.78 is 1.93. The van der Waals surface area contributed by atoms with E-state index in [-0.39, 0.29) is 17.1 Å². The Labute approximate surface area is 203 Å². The summed E-state index contributed by atoms with van der Waals surface area (Å²) in [6, 6.07) is 12.5. The van der Waals surface area contributed by atoms with Crippen LogP contribution in [0.5, 0.6) is 0 Å². The van der Waals surface area contributed by atoms with E-state index < -0.39 is 0 Å². The SMILES string of the molecule is Cn1c(Cc2ccccc2)nnc1SCC(=O)Nc1sc2c(c1C#N)CC[C@H](C(C)(C)C)C2. The molecule has 172 valence electrons. The van der Waals surface area contributed by atoms with Gasteiger partial charge in [0, 0.05) is 18.3 Å². The Balaban J connectivity index is 1.39. The minimum Gasteiger partial charge on any atom is -0.316 e. The van der Waals surface area contributed by atoms with Gasteiger partial charge in [0.1, 0.15) is 16.9 Å². The van der Waals surface area contributed by atoms with Gasteiger partial charge >= 0.3 is 0 Å². The number of hydrogen-bond donors (Lipinski definition) is 1. The second-order valence-corrected chi connectivity index (χ2v) is 11.6. The second-order valence-electron chi connectivity index (χ2n) is 9.58. The number of nitrogens with zero attached hydrogens (tertiary/aromatic N) is 4. The number of nitriles is 1. The summed E-state index contributed by atoms with van der Waals surface area (Å²) in [7, 11) is 1.92. The Morgan fingerprint density at radius 2 is 2.06 bits per heavy atom. The molecule has 3 aromatic rings. The zero-order valence-corrected chi connectivity index (χ0v) is 21.1. The number of anilines is 1. The van der Waals surface area contributed by atoms with Crippen LogP contribution in [-0.4, -0.2) is 26.4 Å². The van der Waals surface area contributed by atoms with Gasteiger partial charge in [-0.15, -0.1) is 21.5 Å². The highest BCUT2D eigenvalue weighted by Crippen LogP contribution is 2.44. The average Bonchev–Trinajstić information content (AvgIpc) is 3.31. The van der Waals surface area contributed by atoms with Gasteiger partial charge in [0.05, 0.1) is 11.3 Å². The van der Waals surface area contributed by atoms with E-state index in [1.807, 2.05) is 29.8 Å². The Bertz CT molecular complexity index is 1180. The largest absolute Gasteiger partial charge is 0.316 e. The molecule has 2 heterocycles. The molecule has 6 nitrogen and oxygen atoms in total. The van der Waals surface area contributed by atoms with Gasteiger partial charge in [0.25, 0.3) is 0 Å². The summed E-state index contributed by atoms with van der Waals surface area (Å²) in [4.78, 5) is 14.0. The number of hydrogen-bond acceptors (Lipinski definition) is 6. The predicted molar refractivity (Wildman–Crippen MR) is 134 cm³/mol. The van der Waals surface area contributed by atoms with Crippen molar-refractivity contribution in [2.45, 2.75) is 51.6 Å². The molecule has 0 bridgehead atoms. The third kappa shape index (κ3) is 5.31. The summed E-state index contributed by atoms with van der Waals surface area (Å²) in [5.41, 5.74) is 3.18. The zero-order chi connectivity index (χ0) is 23.6. The summed E-state index contributed by atoms with van der Waals surface area (Å²) in [6.07, 6.45) is 3.66. The number of carbonyl (C=O) groups is 1. The number of nitrogens with one attached hydrogen (secondary N) is 1. The molecule has 1 amide bonds. The van der Waals surface area contributed by atoms with Gasteiger partial charge in [0.2, 0.25) is 5.91 Å². The second kappa shape index (κ2) is 9.70. The molecule has 0 unspecified atom stereocenters. The molecule has 1 atom stereocenters. The van der Waals surface area contributed by atoms with Crippen molar-refractivity contribution in [3.05, 3.63) is 57.7 Å². The number of carbonyl (C=O) groups excluding carboxylic acids is 1. The Kier molecular flexibility index (Phi) is 6.91. The van der Waals surface area contributed by atoms with Crippen molar-refractivity contribution >= 4 is 34.0 Å². The van der Waals surface area contributed by atoms with Crippen molar-refractivity contribution < 1.29 is 4.79 Å². The first-order valence-electron chi connectivity index (χ1n) is 11.2. The number of benzene rings is 1. The van der Waals surface area contributed by atoms with E-state index in [2.05, 4.69) is 54.5 Å². The van der Waals surface area contributed by atoms with E-state index >= 15 is 0 Å². The van der Waals surface area contributed by atoms with E-state index in [0.29, 0.717) is 28.1 Å². The van der Waals surface area contributed by atoms with Crippen LogP contribution in [0.15, 0.2) is 35.5 Å². The molecule has 1 aliphatic carbocycles. The quantitative estimate of drug-likeness (QED) is 0.490. The van der Waals surface area contributed by atoms with Crippen molar-refractivity contribution in [2.24, 2.45) is 18.4 Å². The van der Waals surface area contributed by atoms with Crippen LogP contribution in [0.25, 0.3) is 0 Å². The van der Waals surface area contributed by atoms with Crippen LogP contribution in [0.2, 0.25) is 0 Å². The van der Waals surface area contributed by atoms with Gasteiger partial charge in [-0.25, -0.2) is 0 Å². The van der Waals surface area contributed by atoms with Crippen LogP contribution in [0.3, 0.4) is 0 Å². The molecule has 1 aliphatic rings. The maximum Gasteiger partial charge on any atom is 0.235 e. The average molecular weight is 480 g/mol. The predicted octanol–water partition coefficient (Wildman–Crippen LogP) is 5.22. The molecule has 0 saturated heterocycles. The number of amides is 1. The molecule has 0 spiro atoms. The van der Waals surface area contributed by atoms with Crippen LogP contribution < -0.4 is 5.32 Å². The fraction of sp³-hybridized carbons (Fsp3) is 0.440. The Morgan fingerprint density at radius 3 is 2.76 bits per heavy atom. The standard InChI is InChI=1S/C25H29N5OS2/c1-25(2,3)17-10-11-18-19(14-26)23(33-20(18)13-17)27-22(31)15-32-24-29-28-21(30(24)4)12-16-8-6-5-7-9-16/h5-9,17H,10-13,15H2,1-4H3,(H,27,31)/t17-/m0/s1. The lowest BCUT2D eigenvalue weighted by Gasteiger charge is -2.33. The normalized spacial score (nSPS) is 15.7. The molecule has 2 aromatic heterocycles. The fourth-order valence-corrected chi connectivity index (χ4v) is 6.25. The topological polar surface area (TPSA) is 83.6 Å². The van der Waals surface area contributed by atoms with Crippen molar-refractivity contribution in [1.29, 1.82) is 5.26 Å². The number of fused-ring (bicyclic) bond motifs is 1. The molecule has 0 aliphatic heterocycles. The van der Waals surface area contributed by atoms with Crippen molar-refractivity contribution in [3.8, 4) is 6.07 Å². The van der Waals surface area contributed by atoms with Crippen LogP contribution in [0, 0.1) is 22.7 Å². The minimum atomic E-state index is -0.130. The van der Waals surface area contributed by atoms with Crippen molar-refractivity contribution in [1.82, 2.24) is 14.8 Å². The highest BCUT2D eigenvalue weighted by atomic mass is 32.2. The van der Waals surface area contributed by atoms with Crippen LogP contribution in [-0.2, 0) is 31.1 Å². The lowest BCUT2D eigenvalue weighted by atomic mass is 9.72. The Morgan fingerprint density at radius 1 is 1.30 bits per heavy atom. The van der Waals surface area contributed by atoms with E-state index in [0.717, 1.165) is 30.7 Å². The third-order valence-electron chi connectivity index (χ3n) is 6.32. The molecule has 1 aromatic carbocycles. The van der Waals surface area contributed by atoms with Gasteiger partial charge in [0.15, 0.2) is 5.16 Å². The van der Waals surface area contributed by atoms with Crippen molar-refractivity contribution in [2.75, 3.05) is 11.1 Å². The number of rotatable bonds is 6. The molecule has 1 N–H and O–H groups in total. The third-order valence-corrected chi connectivity index (χ3v) is 8.51. The summed E-state index contributed by atoms with van der Waals surface area (Å²) >= 11 is 2.92. The van der Waals surface area contributed by atoms with Crippen LogP contribution in [0.1, 0.15) is 54.6 Å². The van der Waals surface area contributed by atoms with E-state index in [4.69, 9.17) is 0 Å². The smallest absolute Gasteiger partial charge is 0.235 e. The molecule has 4 rings (SSSR count). The maximum atomic E-state index is 12.7. The van der Waals surface area contributed by atoms with Gasteiger partial charge in [-0.2, -0.15) is 5.26 Å². The molecular weight excluding hydrogens is 450 g/mol. The zero-order valence-electron chi connectivity index (χ0n) is 19.5. The summed E-state index contributed by atoms with van der Waals surface area (Å²) in [6.45, 7) is 6.83. The molecule has 0 saturated carbocycles. The Hall–Kier alpha value is -2.63. The summed E-state index contributed by atoms with van der Waals surface area (Å²) in [5.74, 6) is 1.54. The molecule has 8 heteroatoms. The molecule has 0 radical (unpaired) electrons. The maximum absolute atomic E-state index is 12.7. The number of aromatic nitrogens is 3. The first-order chi connectivity index (χ1) is 15.8. The highest BCUT2D eigenvalue weighted by Gasteiger charge is 2.32. The monoisotopic (exact) mass is 479 g/mol. The number of thioether (sulfide) groups is 1. The number of thiophene rings is 1. The molecule has 0 fully saturated rings. The highest BCUT2D eigenvalue weighted by molar-refractivity contribution is 7.99.